The molecule has 0 aliphatic heterocycles. The summed E-state index contributed by atoms with van der Waals surface area (Å²) in [5.74, 6) is -1.03. The molecule has 0 radical (unpaired) electrons. The van der Waals surface area contributed by atoms with Crippen molar-refractivity contribution in [3.63, 3.8) is 0 Å². The van der Waals surface area contributed by atoms with E-state index in [0.29, 0.717) is 11.4 Å². The van der Waals surface area contributed by atoms with Crippen LogP contribution in [0.2, 0.25) is 0 Å². The van der Waals surface area contributed by atoms with Gasteiger partial charge < -0.3 is 10.0 Å². The summed E-state index contributed by atoms with van der Waals surface area (Å²) in [5.41, 5.74) is 0. The van der Waals surface area contributed by atoms with Crippen LogP contribution in [0, 0.1) is 10.1 Å². The van der Waals surface area contributed by atoms with Gasteiger partial charge in [0.15, 0.2) is 0 Å². The van der Waals surface area contributed by atoms with Crippen LogP contribution in [0.25, 0.3) is 0 Å². The minimum atomic E-state index is -1.03. The molecule has 0 saturated heterocycles. The number of rotatable bonds is 8. The third-order valence-electron chi connectivity index (χ3n) is 2.45. The van der Waals surface area contributed by atoms with Gasteiger partial charge in [-0.25, -0.2) is 0 Å². The van der Waals surface area contributed by atoms with Crippen molar-refractivity contribution in [2.75, 3.05) is 27.2 Å². The summed E-state index contributed by atoms with van der Waals surface area (Å²) in [5, 5.41) is 22.6. The van der Waals surface area contributed by atoms with Crippen molar-refractivity contribution >= 4 is 22.3 Å². The van der Waals surface area contributed by atoms with E-state index in [0.717, 1.165) is 24.3 Å². The van der Waals surface area contributed by atoms with E-state index in [2.05, 4.69) is 5.32 Å². The maximum atomic E-state index is 11.2. The molecular weight excluding hydrogens is 270 g/mol. The summed E-state index contributed by atoms with van der Waals surface area (Å²) >= 11 is 0.889. The normalized spacial score (nSPS) is 12.6. The fourth-order valence-corrected chi connectivity index (χ4v) is 2.44. The number of hydrogen-bond donors (Lipinski definition) is 2. The standard InChI is InChI=1S/C11H17N3O4S/c1-13(2)7-3-6-12-10(11(15)16)8-4-5-9(19-8)14(17)18/h4-5,10,12H,3,6-7H2,1-2H3,(H,15,16). The van der Waals surface area contributed by atoms with Crippen LogP contribution in [0.3, 0.4) is 0 Å². The van der Waals surface area contributed by atoms with E-state index >= 15 is 0 Å². The van der Waals surface area contributed by atoms with Gasteiger partial charge in [-0.3, -0.25) is 20.2 Å². The molecular formula is C11H17N3O4S. The van der Waals surface area contributed by atoms with Gasteiger partial charge in [0.1, 0.15) is 6.04 Å². The number of nitrogens with one attached hydrogen (secondary N) is 1. The van der Waals surface area contributed by atoms with Gasteiger partial charge in [-0.2, -0.15) is 0 Å². The molecule has 0 saturated carbocycles. The van der Waals surface area contributed by atoms with E-state index in [1.807, 2.05) is 19.0 Å². The van der Waals surface area contributed by atoms with E-state index in [1.54, 1.807) is 0 Å². The molecule has 0 fully saturated rings. The Kier molecular flexibility index (Phi) is 5.87. The number of thiophene rings is 1. The Morgan fingerprint density at radius 2 is 2.26 bits per heavy atom. The number of hydrogen-bond acceptors (Lipinski definition) is 6. The smallest absolute Gasteiger partial charge is 0.326 e. The van der Waals surface area contributed by atoms with Crippen molar-refractivity contribution in [1.82, 2.24) is 10.2 Å². The molecule has 1 rings (SSSR count). The molecule has 0 bridgehead atoms. The Hall–Kier alpha value is -1.51. The summed E-state index contributed by atoms with van der Waals surface area (Å²) in [7, 11) is 3.88. The lowest BCUT2D eigenvalue weighted by Crippen LogP contribution is -2.30. The lowest BCUT2D eigenvalue weighted by Gasteiger charge is -2.14. The third kappa shape index (κ3) is 4.93. The van der Waals surface area contributed by atoms with E-state index in [9.17, 15) is 14.9 Å². The van der Waals surface area contributed by atoms with Crippen LogP contribution in [0.15, 0.2) is 12.1 Å². The van der Waals surface area contributed by atoms with E-state index < -0.39 is 16.9 Å². The van der Waals surface area contributed by atoms with Gasteiger partial charge in [-0.1, -0.05) is 11.3 Å². The number of nitro groups is 1. The number of nitrogens with zero attached hydrogens (tertiary/aromatic N) is 2. The lowest BCUT2D eigenvalue weighted by atomic mass is 10.2. The molecule has 8 heteroatoms. The van der Waals surface area contributed by atoms with Gasteiger partial charge in [0.05, 0.1) is 4.92 Å². The number of aliphatic carboxylic acids is 1. The summed E-state index contributed by atoms with van der Waals surface area (Å²) < 4.78 is 0. The third-order valence-corrected chi connectivity index (χ3v) is 3.56. The largest absolute Gasteiger partial charge is 0.480 e. The SMILES string of the molecule is CN(C)CCCNC(C(=O)O)c1ccc([N+](=O)[O-])s1. The Balaban J connectivity index is 2.61. The second-order valence-electron chi connectivity index (χ2n) is 4.32. The Bertz CT molecular complexity index is 447. The molecule has 1 atom stereocenters. The molecule has 106 valence electrons. The minimum Gasteiger partial charge on any atom is -0.480 e. The van der Waals surface area contributed by atoms with Crippen LogP contribution in [-0.2, 0) is 4.79 Å². The molecule has 0 aliphatic carbocycles. The fraction of sp³-hybridized carbons (Fsp3) is 0.545. The zero-order valence-electron chi connectivity index (χ0n) is 10.8. The maximum Gasteiger partial charge on any atom is 0.326 e. The quantitative estimate of drug-likeness (QED) is 0.425. The van der Waals surface area contributed by atoms with Gasteiger partial charge in [-0.15, -0.1) is 0 Å². The Morgan fingerprint density at radius 3 is 2.74 bits per heavy atom. The van der Waals surface area contributed by atoms with Crippen LogP contribution >= 0.6 is 11.3 Å². The first kappa shape index (κ1) is 15.5. The lowest BCUT2D eigenvalue weighted by molar-refractivity contribution is -0.380. The zero-order valence-corrected chi connectivity index (χ0v) is 11.6. The first-order valence-corrected chi connectivity index (χ1v) is 6.58. The van der Waals surface area contributed by atoms with Crippen LogP contribution in [-0.4, -0.2) is 48.1 Å². The van der Waals surface area contributed by atoms with Crippen molar-refractivity contribution in [1.29, 1.82) is 0 Å². The second-order valence-corrected chi connectivity index (χ2v) is 5.41. The van der Waals surface area contributed by atoms with Gasteiger partial charge in [0.25, 0.3) is 0 Å². The summed E-state index contributed by atoms with van der Waals surface area (Å²) in [6, 6.07) is 1.93. The molecule has 0 amide bonds. The number of carboxylic acids is 1. The van der Waals surface area contributed by atoms with Crippen molar-refractivity contribution in [2.24, 2.45) is 0 Å². The van der Waals surface area contributed by atoms with Gasteiger partial charge in [0, 0.05) is 10.9 Å². The Morgan fingerprint density at radius 1 is 1.58 bits per heavy atom. The molecule has 1 heterocycles. The average Bonchev–Trinajstić information content (AvgIpc) is 2.77. The molecule has 1 unspecified atom stereocenters. The molecule has 0 spiro atoms. The van der Waals surface area contributed by atoms with Gasteiger partial charge in [0.2, 0.25) is 0 Å². The highest BCUT2D eigenvalue weighted by molar-refractivity contribution is 7.15. The summed E-state index contributed by atoms with van der Waals surface area (Å²) in [6.07, 6.45) is 0.810. The topological polar surface area (TPSA) is 95.7 Å². The second kappa shape index (κ2) is 7.17. The van der Waals surface area contributed by atoms with E-state index in [1.165, 1.54) is 12.1 Å². The highest BCUT2D eigenvalue weighted by Gasteiger charge is 2.23. The first-order chi connectivity index (χ1) is 8.91. The van der Waals surface area contributed by atoms with Gasteiger partial charge >= 0.3 is 11.0 Å². The van der Waals surface area contributed by atoms with Crippen molar-refractivity contribution in [2.45, 2.75) is 12.5 Å². The highest BCUT2D eigenvalue weighted by atomic mass is 32.1. The van der Waals surface area contributed by atoms with Crippen LogP contribution in [0.1, 0.15) is 17.3 Å². The first-order valence-electron chi connectivity index (χ1n) is 5.77. The molecule has 1 aromatic rings. The molecule has 2 N–H and O–H groups in total. The summed E-state index contributed by atoms with van der Waals surface area (Å²) in [4.78, 5) is 23.7. The molecule has 19 heavy (non-hydrogen) atoms. The molecule has 1 aromatic heterocycles. The number of carbonyl (C=O) groups is 1. The van der Waals surface area contributed by atoms with Gasteiger partial charge in [-0.05, 0) is 39.7 Å². The zero-order chi connectivity index (χ0) is 14.4. The number of carboxylic acid groups (broad SMARTS) is 1. The predicted molar refractivity (Wildman–Crippen MR) is 72.5 cm³/mol. The van der Waals surface area contributed by atoms with Crippen molar-refractivity contribution in [3.8, 4) is 0 Å². The van der Waals surface area contributed by atoms with E-state index in [-0.39, 0.29) is 5.00 Å². The molecule has 0 aromatic carbocycles. The average molecular weight is 287 g/mol. The fourth-order valence-electron chi connectivity index (χ4n) is 1.55. The molecule has 0 aliphatic rings. The predicted octanol–water partition coefficient (Wildman–Crippen LogP) is 1.32. The van der Waals surface area contributed by atoms with Crippen LogP contribution in [0.4, 0.5) is 5.00 Å². The monoisotopic (exact) mass is 287 g/mol. The van der Waals surface area contributed by atoms with Crippen molar-refractivity contribution in [3.05, 3.63) is 27.1 Å². The molecule has 7 nitrogen and oxygen atoms in total. The summed E-state index contributed by atoms with van der Waals surface area (Å²) in [6.45, 7) is 1.39. The Labute approximate surface area is 115 Å². The van der Waals surface area contributed by atoms with Crippen LogP contribution in [0.5, 0.6) is 0 Å². The van der Waals surface area contributed by atoms with Crippen LogP contribution < -0.4 is 5.32 Å². The van der Waals surface area contributed by atoms with Crippen molar-refractivity contribution < 1.29 is 14.8 Å². The maximum absolute atomic E-state index is 11.2. The minimum absolute atomic E-state index is 0.0451. The highest BCUT2D eigenvalue weighted by Crippen LogP contribution is 2.28. The van der Waals surface area contributed by atoms with E-state index in [4.69, 9.17) is 5.11 Å².